The van der Waals surface area contributed by atoms with E-state index in [9.17, 15) is 0 Å². The highest BCUT2D eigenvalue weighted by Crippen LogP contribution is 2.08. The van der Waals surface area contributed by atoms with Gasteiger partial charge >= 0.3 is 0 Å². The average Bonchev–Trinajstić information content (AvgIpc) is 2.64. The fraction of sp³-hybridized carbons (Fsp3) is 0.800. The minimum atomic E-state index is 0.219. The van der Waals surface area contributed by atoms with Crippen molar-refractivity contribution < 1.29 is 4.74 Å². The van der Waals surface area contributed by atoms with E-state index >= 15 is 0 Å². The van der Waals surface area contributed by atoms with Crippen LogP contribution in [0.5, 0.6) is 0 Å². The second kappa shape index (κ2) is 5.82. The van der Waals surface area contributed by atoms with Crippen LogP contribution in [0.25, 0.3) is 0 Å². The number of aromatic nitrogens is 3. The number of hydrogen-bond acceptors (Lipinski definition) is 4. The number of hydrogen-bond donors (Lipinski definition) is 1. The van der Waals surface area contributed by atoms with Crippen molar-refractivity contribution >= 4 is 0 Å². The second-order valence-corrected chi connectivity index (χ2v) is 3.67. The molecule has 0 radical (unpaired) electrons. The van der Waals surface area contributed by atoms with Gasteiger partial charge in [0.25, 0.3) is 0 Å². The quantitative estimate of drug-likeness (QED) is 0.740. The summed E-state index contributed by atoms with van der Waals surface area (Å²) in [5.41, 5.74) is 0.993. The summed E-state index contributed by atoms with van der Waals surface area (Å²) in [5, 5.41) is 11.2. The van der Waals surface area contributed by atoms with Crippen LogP contribution in [0, 0.1) is 0 Å². The first-order valence-corrected chi connectivity index (χ1v) is 5.26. The van der Waals surface area contributed by atoms with Gasteiger partial charge in [0.1, 0.15) is 0 Å². The summed E-state index contributed by atoms with van der Waals surface area (Å²) in [5.74, 6) is 0. The molecule has 0 bridgehead atoms. The lowest BCUT2D eigenvalue weighted by molar-refractivity contribution is 0.0675. The largest absolute Gasteiger partial charge is 0.380 e. The SMILES string of the molecule is CCC(OC)C(Cc1cn(C)nn1)NC. The molecule has 0 aliphatic carbocycles. The maximum atomic E-state index is 5.41. The Balaban J connectivity index is 2.60. The van der Waals surface area contributed by atoms with Gasteiger partial charge < -0.3 is 10.1 Å². The van der Waals surface area contributed by atoms with Gasteiger partial charge in [-0.05, 0) is 13.5 Å². The summed E-state index contributed by atoms with van der Waals surface area (Å²) >= 11 is 0. The van der Waals surface area contributed by atoms with Crippen LogP contribution in [-0.2, 0) is 18.2 Å². The highest BCUT2D eigenvalue weighted by atomic mass is 16.5. The number of methoxy groups -OCH3 is 1. The molecule has 5 heteroatoms. The van der Waals surface area contributed by atoms with E-state index in [0.717, 1.165) is 18.5 Å². The van der Waals surface area contributed by atoms with Crippen LogP contribution in [0.15, 0.2) is 6.20 Å². The molecule has 1 heterocycles. The van der Waals surface area contributed by atoms with Crippen LogP contribution in [0.4, 0.5) is 0 Å². The van der Waals surface area contributed by atoms with Crippen LogP contribution < -0.4 is 5.32 Å². The standard InChI is InChI=1S/C10H20N4O/c1-5-10(15-4)9(11-2)6-8-7-14(3)13-12-8/h7,9-11H,5-6H2,1-4H3. The highest BCUT2D eigenvalue weighted by Gasteiger charge is 2.19. The predicted octanol–water partition coefficient (Wildman–Crippen LogP) is 0.371. The van der Waals surface area contributed by atoms with Crippen molar-refractivity contribution in [2.24, 2.45) is 7.05 Å². The predicted molar refractivity (Wildman–Crippen MR) is 58.6 cm³/mol. The van der Waals surface area contributed by atoms with Gasteiger partial charge in [0, 0.05) is 32.8 Å². The van der Waals surface area contributed by atoms with E-state index in [-0.39, 0.29) is 12.1 Å². The Morgan fingerprint density at radius 2 is 2.33 bits per heavy atom. The number of likely N-dealkylation sites (N-methyl/N-ethyl adjacent to an activating group) is 1. The van der Waals surface area contributed by atoms with Gasteiger partial charge in [-0.15, -0.1) is 5.10 Å². The summed E-state index contributed by atoms with van der Waals surface area (Å²) < 4.78 is 7.13. The van der Waals surface area contributed by atoms with Crippen molar-refractivity contribution in [3.8, 4) is 0 Å². The molecule has 5 nitrogen and oxygen atoms in total. The molecule has 2 unspecified atom stereocenters. The van der Waals surface area contributed by atoms with E-state index in [0.29, 0.717) is 0 Å². The summed E-state index contributed by atoms with van der Waals surface area (Å²) in [4.78, 5) is 0. The molecule has 15 heavy (non-hydrogen) atoms. The molecule has 0 aliphatic rings. The van der Waals surface area contributed by atoms with Crippen molar-refractivity contribution in [3.63, 3.8) is 0 Å². The molecule has 1 rings (SSSR count). The maximum Gasteiger partial charge on any atom is 0.0843 e. The number of ether oxygens (including phenoxy) is 1. The highest BCUT2D eigenvalue weighted by molar-refractivity contribution is 4.97. The van der Waals surface area contributed by atoms with Crippen molar-refractivity contribution in [3.05, 3.63) is 11.9 Å². The van der Waals surface area contributed by atoms with Crippen LogP contribution in [0.3, 0.4) is 0 Å². The van der Waals surface area contributed by atoms with Gasteiger partial charge in [-0.25, -0.2) is 0 Å². The molecule has 0 amide bonds. The van der Waals surface area contributed by atoms with Gasteiger partial charge in [0.05, 0.1) is 11.8 Å². The molecule has 1 aromatic heterocycles. The molecule has 0 saturated heterocycles. The van der Waals surface area contributed by atoms with E-state index in [1.165, 1.54) is 0 Å². The van der Waals surface area contributed by atoms with Crippen LogP contribution in [0.2, 0.25) is 0 Å². The van der Waals surface area contributed by atoms with Crippen LogP contribution in [-0.4, -0.2) is 41.3 Å². The summed E-state index contributed by atoms with van der Waals surface area (Å²) in [6.07, 6.45) is 3.99. The zero-order valence-corrected chi connectivity index (χ0v) is 9.90. The molecule has 0 fully saturated rings. The Kier molecular flexibility index (Phi) is 4.71. The van der Waals surface area contributed by atoms with Crippen molar-refractivity contribution in [1.29, 1.82) is 0 Å². The monoisotopic (exact) mass is 212 g/mol. The maximum absolute atomic E-state index is 5.41. The minimum absolute atomic E-state index is 0.219. The van der Waals surface area contributed by atoms with Crippen LogP contribution >= 0.6 is 0 Å². The first-order valence-electron chi connectivity index (χ1n) is 5.26. The molecular weight excluding hydrogens is 192 g/mol. The summed E-state index contributed by atoms with van der Waals surface area (Å²) in [7, 11) is 5.57. The third-order valence-electron chi connectivity index (χ3n) is 2.60. The smallest absolute Gasteiger partial charge is 0.0843 e. The Labute approximate surface area is 90.8 Å². The first-order chi connectivity index (χ1) is 7.21. The molecule has 0 aromatic carbocycles. The third-order valence-corrected chi connectivity index (χ3v) is 2.60. The second-order valence-electron chi connectivity index (χ2n) is 3.67. The molecule has 0 saturated carbocycles. The first kappa shape index (κ1) is 12.1. The Morgan fingerprint density at radius 1 is 1.60 bits per heavy atom. The lowest BCUT2D eigenvalue weighted by atomic mass is 10.0. The van der Waals surface area contributed by atoms with Crippen LogP contribution in [0.1, 0.15) is 19.0 Å². The van der Waals surface area contributed by atoms with E-state index in [1.54, 1.807) is 11.8 Å². The molecule has 1 N–H and O–H groups in total. The Morgan fingerprint density at radius 3 is 2.73 bits per heavy atom. The minimum Gasteiger partial charge on any atom is -0.380 e. The molecule has 0 aliphatic heterocycles. The molecule has 0 spiro atoms. The van der Waals surface area contributed by atoms with Crippen molar-refractivity contribution in [2.45, 2.75) is 31.9 Å². The Hall–Kier alpha value is -0.940. The lowest BCUT2D eigenvalue weighted by Gasteiger charge is -2.23. The normalized spacial score (nSPS) is 15.2. The number of nitrogens with one attached hydrogen (secondary N) is 1. The van der Waals surface area contributed by atoms with E-state index in [2.05, 4.69) is 22.6 Å². The molecule has 2 atom stereocenters. The lowest BCUT2D eigenvalue weighted by Crippen LogP contribution is -2.40. The van der Waals surface area contributed by atoms with Crippen molar-refractivity contribution in [1.82, 2.24) is 20.3 Å². The fourth-order valence-electron chi connectivity index (χ4n) is 1.75. The third kappa shape index (κ3) is 3.28. The summed E-state index contributed by atoms with van der Waals surface area (Å²) in [6, 6.07) is 0.289. The van der Waals surface area contributed by atoms with Gasteiger partial charge in [-0.2, -0.15) is 0 Å². The number of rotatable bonds is 6. The molecule has 86 valence electrons. The average molecular weight is 212 g/mol. The number of nitrogens with zero attached hydrogens (tertiary/aromatic N) is 3. The fourth-order valence-corrected chi connectivity index (χ4v) is 1.75. The topological polar surface area (TPSA) is 52.0 Å². The zero-order valence-electron chi connectivity index (χ0n) is 9.90. The van der Waals surface area contributed by atoms with E-state index in [1.807, 2.05) is 20.3 Å². The van der Waals surface area contributed by atoms with Crippen molar-refractivity contribution in [2.75, 3.05) is 14.2 Å². The van der Waals surface area contributed by atoms with E-state index in [4.69, 9.17) is 4.74 Å². The van der Waals surface area contributed by atoms with Gasteiger partial charge in [0.2, 0.25) is 0 Å². The van der Waals surface area contributed by atoms with Gasteiger partial charge in [0.15, 0.2) is 0 Å². The van der Waals surface area contributed by atoms with Gasteiger partial charge in [-0.3, -0.25) is 4.68 Å². The number of aryl methyl sites for hydroxylation is 1. The Bertz CT molecular complexity index is 283. The van der Waals surface area contributed by atoms with E-state index < -0.39 is 0 Å². The molecular formula is C10H20N4O. The summed E-state index contributed by atoms with van der Waals surface area (Å²) in [6.45, 7) is 2.12. The molecule has 1 aromatic rings. The van der Waals surface area contributed by atoms with Gasteiger partial charge in [-0.1, -0.05) is 12.1 Å². The zero-order chi connectivity index (χ0) is 11.3.